The molecule has 0 radical (unpaired) electrons. The van der Waals surface area contributed by atoms with E-state index in [1.54, 1.807) is 24.3 Å². The fourth-order valence-corrected chi connectivity index (χ4v) is 3.01. The van der Waals surface area contributed by atoms with E-state index in [4.69, 9.17) is 34.8 Å². The number of carbonyl (C=O) groups excluding carboxylic acids is 1. The van der Waals surface area contributed by atoms with E-state index in [9.17, 15) is 4.79 Å². The van der Waals surface area contributed by atoms with Crippen LogP contribution in [0.4, 0.5) is 5.82 Å². The quantitative estimate of drug-likeness (QED) is 0.637. The van der Waals surface area contributed by atoms with E-state index in [1.807, 2.05) is 19.1 Å². The van der Waals surface area contributed by atoms with E-state index in [0.29, 0.717) is 39.5 Å². The molecule has 2 aromatic heterocycles. The first-order chi connectivity index (χ1) is 12.4. The highest BCUT2D eigenvalue weighted by Gasteiger charge is 2.14. The highest BCUT2D eigenvalue weighted by molar-refractivity contribution is 6.35. The van der Waals surface area contributed by atoms with Gasteiger partial charge in [0, 0.05) is 23.7 Å². The van der Waals surface area contributed by atoms with E-state index in [1.165, 1.54) is 10.9 Å². The van der Waals surface area contributed by atoms with Gasteiger partial charge in [0.2, 0.25) is 5.91 Å². The van der Waals surface area contributed by atoms with E-state index in [-0.39, 0.29) is 5.91 Å². The van der Waals surface area contributed by atoms with Crippen LogP contribution in [0.15, 0.2) is 42.6 Å². The number of rotatable bonds is 5. The van der Waals surface area contributed by atoms with Crippen LogP contribution in [0, 0.1) is 6.92 Å². The van der Waals surface area contributed by atoms with Crippen molar-refractivity contribution >= 4 is 46.5 Å². The van der Waals surface area contributed by atoms with Crippen molar-refractivity contribution in [1.29, 1.82) is 0 Å². The van der Waals surface area contributed by atoms with Crippen molar-refractivity contribution in [1.82, 2.24) is 14.8 Å². The lowest BCUT2D eigenvalue weighted by Gasteiger charge is -2.10. The van der Waals surface area contributed by atoms with Gasteiger partial charge in [-0.3, -0.25) is 4.79 Å². The molecule has 0 saturated heterocycles. The van der Waals surface area contributed by atoms with Crippen molar-refractivity contribution < 1.29 is 4.79 Å². The van der Waals surface area contributed by atoms with Gasteiger partial charge in [0.05, 0.1) is 15.7 Å². The van der Waals surface area contributed by atoms with Crippen LogP contribution in [0.1, 0.15) is 17.7 Å². The van der Waals surface area contributed by atoms with E-state index < -0.39 is 0 Å². The van der Waals surface area contributed by atoms with Crippen LogP contribution < -0.4 is 5.32 Å². The van der Waals surface area contributed by atoms with Crippen molar-refractivity contribution in [2.24, 2.45) is 0 Å². The second-order valence-corrected chi connectivity index (χ2v) is 7.00. The molecule has 5 nitrogen and oxygen atoms in total. The summed E-state index contributed by atoms with van der Waals surface area (Å²) in [5.41, 5.74) is 1.77. The first-order valence-corrected chi connectivity index (χ1v) is 8.98. The monoisotopic (exact) mass is 408 g/mol. The van der Waals surface area contributed by atoms with Crippen LogP contribution in [-0.2, 0) is 11.2 Å². The van der Waals surface area contributed by atoms with Gasteiger partial charge in [0.25, 0.3) is 0 Å². The molecule has 0 bridgehead atoms. The zero-order chi connectivity index (χ0) is 18.7. The summed E-state index contributed by atoms with van der Waals surface area (Å²) in [6, 6.07) is 10.8. The fourth-order valence-electron chi connectivity index (χ4n) is 2.43. The topological polar surface area (TPSA) is 59.8 Å². The molecule has 0 saturated carbocycles. The first-order valence-electron chi connectivity index (χ1n) is 7.85. The Morgan fingerprint density at radius 2 is 1.85 bits per heavy atom. The van der Waals surface area contributed by atoms with Gasteiger partial charge in [0.1, 0.15) is 5.82 Å². The molecule has 0 fully saturated rings. The van der Waals surface area contributed by atoms with Crippen LogP contribution in [0.2, 0.25) is 15.1 Å². The summed E-state index contributed by atoms with van der Waals surface area (Å²) in [6.07, 6.45) is 2.41. The molecule has 3 rings (SSSR count). The van der Waals surface area contributed by atoms with Crippen molar-refractivity contribution in [3.8, 4) is 5.82 Å². The lowest BCUT2D eigenvalue weighted by atomic mass is 10.1. The zero-order valence-electron chi connectivity index (χ0n) is 13.8. The van der Waals surface area contributed by atoms with Crippen LogP contribution in [-0.4, -0.2) is 20.7 Å². The number of pyridine rings is 1. The summed E-state index contributed by atoms with van der Waals surface area (Å²) in [5.74, 6) is 0.767. The van der Waals surface area contributed by atoms with Gasteiger partial charge >= 0.3 is 0 Å². The molecular weight excluding hydrogens is 395 g/mol. The average Bonchev–Trinajstić information content (AvgIpc) is 2.94. The Bertz CT molecular complexity index is 938. The van der Waals surface area contributed by atoms with E-state index in [0.717, 1.165) is 11.3 Å². The molecule has 1 aromatic carbocycles. The number of aryl methyl sites for hydroxylation is 2. The smallest absolute Gasteiger partial charge is 0.225 e. The largest absolute Gasteiger partial charge is 0.311 e. The van der Waals surface area contributed by atoms with Crippen molar-refractivity contribution in [2.75, 3.05) is 5.32 Å². The predicted molar refractivity (Wildman–Crippen MR) is 105 cm³/mol. The lowest BCUT2D eigenvalue weighted by molar-refractivity contribution is -0.116. The Labute approximate surface area is 165 Å². The normalized spacial score (nSPS) is 10.8. The third kappa shape index (κ3) is 4.55. The van der Waals surface area contributed by atoms with Gasteiger partial charge in [-0.2, -0.15) is 9.78 Å². The number of nitrogens with one attached hydrogen (secondary N) is 1. The van der Waals surface area contributed by atoms with E-state index in [2.05, 4.69) is 15.4 Å². The Morgan fingerprint density at radius 3 is 2.54 bits per heavy atom. The Morgan fingerprint density at radius 1 is 1.12 bits per heavy atom. The fraction of sp³-hybridized carbons (Fsp3) is 0.167. The standard InChI is InChI=1S/C18H15Cl3N4O/c1-11-8-16(25(24-11)18-15(21)9-14(20)10-22-18)23-17(26)7-4-12-2-5-13(19)6-3-12/h2-3,5-6,8-10H,4,7H2,1H3,(H,23,26). The predicted octanol–water partition coefficient (Wildman–Crippen LogP) is 5.11. The summed E-state index contributed by atoms with van der Waals surface area (Å²) in [7, 11) is 0. The summed E-state index contributed by atoms with van der Waals surface area (Å²) in [6.45, 7) is 1.82. The van der Waals surface area contributed by atoms with Gasteiger partial charge in [0.15, 0.2) is 5.82 Å². The molecule has 0 aliphatic rings. The molecule has 2 heterocycles. The molecule has 0 unspecified atom stereocenters. The molecule has 0 spiro atoms. The number of carbonyl (C=O) groups is 1. The van der Waals surface area contributed by atoms with Gasteiger partial charge < -0.3 is 5.32 Å². The number of amides is 1. The minimum absolute atomic E-state index is 0.133. The molecule has 8 heteroatoms. The molecule has 0 atom stereocenters. The van der Waals surface area contributed by atoms with Gasteiger partial charge in [-0.1, -0.05) is 46.9 Å². The summed E-state index contributed by atoms with van der Waals surface area (Å²) in [4.78, 5) is 16.5. The third-order valence-electron chi connectivity index (χ3n) is 3.64. The SMILES string of the molecule is Cc1cc(NC(=O)CCc2ccc(Cl)cc2)n(-c2ncc(Cl)cc2Cl)n1. The van der Waals surface area contributed by atoms with Crippen molar-refractivity contribution in [3.63, 3.8) is 0 Å². The molecule has 1 amide bonds. The average molecular weight is 410 g/mol. The van der Waals surface area contributed by atoms with Gasteiger partial charge in [-0.05, 0) is 37.1 Å². The van der Waals surface area contributed by atoms with Crippen LogP contribution in [0.25, 0.3) is 5.82 Å². The molecule has 26 heavy (non-hydrogen) atoms. The zero-order valence-corrected chi connectivity index (χ0v) is 16.1. The number of halogens is 3. The van der Waals surface area contributed by atoms with Crippen LogP contribution >= 0.6 is 34.8 Å². The minimum atomic E-state index is -0.133. The minimum Gasteiger partial charge on any atom is -0.311 e. The number of hydrogen-bond donors (Lipinski definition) is 1. The maximum absolute atomic E-state index is 12.3. The Balaban J connectivity index is 1.73. The van der Waals surface area contributed by atoms with Gasteiger partial charge in [-0.15, -0.1) is 0 Å². The first kappa shape index (κ1) is 18.7. The Kier molecular flexibility index (Phi) is 5.81. The number of anilines is 1. The number of aromatic nitrogens is 3. The van der Waals surface area contributed by atoms with Gasteiger partial charge in [-0.25, -0.2) is 4.98 Å². The third-order valence-corrected chi connectivity index (χ3v) is 4.38. The number of benzene rings is 1. The molecule has 0 aliphatic carbocycles. The molecule has 1 N–H and O–H groups in total. The maximum atomic E-state index is 12.3. The molecular formula is C18H15Cl3N4O. The van der Waals surface area contributed by atoms with E-state index >= 15 is 0 Å². The maximum Gasteiger partial charge on any atom is 0.225 e. The highest BCUT2D eigenvalue weighted by Crippen LogP contribution is 2.25. The van der Waals surface area contributed by atoms with Crippen LogP contribution in [0.5, 0.6) is 0 Å². The highest BCUT2D eigenvalue weighted by atomic mass is 35.5. The molecule has 134 valence electrons. The van der Waals surface area contributed by atoms with Crippen LogP contribution in [0.3, 0.4) is 0 Å². The summed E-state index contributed by atoms with van der Waals surface area (Å²) >= 11 is 18.0. The second-order valence-electron chi connectivity index (χ2n) is 5.72. The summed E-state index contributed by atoms with van der Waals surface area (Å²) in [5, 5.41) is 8.65. The number of hydrogen-bond acceptors (Lipinski definition) is 3. The Hall–Kier alpha value is -2.08. The molecule has 0 aliphatic heterocycles. The lowest BCUT2D eigenvalue weighted by Crippen LogP contribution is -2.16. The number of nitrogens with zero attached hydrogens (tertiary/aromatic N) is 3. The second kappa shape index (κ2) is 8.08. The summed E-state index contributed by atoms with van der Waals surface area (Å²) < 4.78 is 1.49. The van der Waals surface area contributed by atoms with Crippen molar-refractivity contribution in [3.05, 3.63) is 68.9 Å². The molecule has 3 aromatic rings. The van der Waals surface area contributed by atoms with Crippen molar-refractivity contribution in [2.45, 2.75) is 19.8 Å².